The quantitative estimate of drug-likeness (QED) is 0.691. The minimum Gasteiger partial charge on any atom is -0.319 e. The summed E-state index contributed by atoms with van der Waals surface area (Å²) in [6.45, 7) is 5.31. The Bertz CT molecular complexity index is 693. The van der Waals surface area contributed by atoms with Gasteiger partial charge in [-0.15, -0.1) is 0 Å². The lowest BCUT2D eigenvalue weighted by Crippen LogP contribution is -2.24. The number of aromatic nitrogens is 2. The van der Waals surface area contributed by atoms with E-state index in [2.05, 4.69) is 10.4 Å². The van der Waals surface area contributed by atoms with Crippen molar-refractivity contribution in [1.82, 2.24) is 9.78 Å². The van der Waals surface area contributed by atoms with Crippen LogP contribution in [0.25, 0.3) is 0 Å². The topological polar surface area (TPSA) is 90.1 Å². The van der Waals surface area contributed by atoms with Crippen molar-refractivity contribution in [2.45, 2.75) is 26.8 Å². The molecule has 0 saturated carbocycles. The molecule has 1 N–H and O–H groups in total. The third-order valence-electron chi connectivity index (χ3n) is 3.11. The molecule has 0 saturated heterocycles. The number of amides is 1. The first kappa shape index (κ1) is 14.7. The molecule has 110 valence electrons. The molecule has 2 rings (SSSR count). The van der Waals surface area contributed by atoms with Crippen molar-refractivity contribution in [2.75, 3.05) is 5.32 Å². The van der Waals surface area contributed by atoms with Gasteiger partial charge in [-0.2, -0.15) is 5.10 Å². The molecule has 1 atom stereocenters. The van der Waals surface area contributed by atoms with E-state index in [9.17, 15) is 14.9 Å². The van der Waals surface area contributed by atoms with E-state index >= 15 is 0 Å². The predicted octanol–water partition coefficient (Wildman–Crippen LogP) is 2.61. The van der Waals surface area contributed by atoms with Gasteiger partial charge in [0, 0.05) is 12.3 Å². The molecule has 1 unspecified atom stereocenters. The molecular weight excluding hydrogens is 272 g/mol. The Kier molecular flexibility index (Phi) is 4.02. The zero-order valence-electron chi connectivity index (χ0n) is 12.0. The zero-order chi connectivity index (χ0) is 15.6. The number of rotatable bonds is 4. The van der Waals surface area contributed by atoms with Crippen LogP contribution in [0.1, 0.15) is 24.1 Å². The second kappa shape index (κ2) is 5.74. The van der Waals surface area contributed by atoms with Gasteiger partial charge in [0.25, 0.3) is 5.69 Å². The predicted molar refractivity (Wildman–Crippen MR) is 78.1 cm³/mol. The van der Waals surface area contributed by atoms with Crippen molar-refractivity contribution in [3.05, 3.63) is 51.8 Å². The number of aryl methyl sites for hydroxylation is 2. The van der Waals surface area contributed by atoms with Gasteiger partial charge in [0.05, 0.1) is 11.1 Å². The van der Waals surface area contributed by atoms with E-state index in [-0.39, 0.29) is 17.3 Å². The van der Waals surface area contributed by atoms with Crippen LogP contribution >= 0.6 is 0 Å². The first-order valence-corrected chi connectivity index (χ1v) is 6.45. The molecule has 21 heavy (non-hydrogen) atoms. The Balaban J connectivity index is 2.22. The lowest BCUT2D eigenvalue weighted by molar-refractivity contribution is -0.384. The molecule has 2 aromatic rings. The highest BCUT2D eigenvalue weighted by molar-refractivity contribution is 5.95. The summed E-state index contributed by atoms with van der Waals surface area (Å²) in [5, 5.41) is 17.7. The average Bonchev–Trinajstić information content (AvgIpc) is 2.86. The highest BCUT2D eigenvalue weighted by Crippen LogP contribution is 2.26. The first-order chi connectivity index (χ1) is 9.88. The fourth-order valence-electron chi connectivity index (χ4n) is 1.90. The van der Waals surface area contributed by atoms with E-state index in [1.165, 1.54) is 16.8 Å². The summed E-state index contributed by atoms with van der Waals surface area (Å²) in [6, 6.07) is 4.12. The first-order valence-electron chi connectivity index (χ1n) is 6.45. The normalized spacial score (nSPS) is 12.0. The Labute approximate surface area is 121 Å². The summed E-state index contributed by atoms with van der Waals surface area (Å²) in [4.78, 5) is 22.7. The summed E-state index contributed by atoms with van der Waals surface area (Å²) >= 11 is 0. The Hall–Kier alpha value is -2.70. The standard InChI is InChI=1S/C14H16N4O3/c1-9-4-5-12(13(6-9)18(20)21)16-14(19)11(3)17-8-10(2)7-15-17/h4-8,11H,1-3H3,(H,16,19). The van der Waals surface area contributed by atoms with Crippen LogP contribution in [0.3, 0.4) is 0 Å². The molecular formula is C14H16N4O3. The van der Waals surface area contributed by atoms with Gasteiger partial charge in [-0.1, -0.05) is 6.07 Å². The van der Waals surface area contributed by atoms with Gasteiger partial charge in [0.15, 0.2) is 0 Å². The molecule has 0 fully saturated rings. The molecule has 0 aliphatic carbocycles. The number of carbonyl (C=O) groups is 1. The van der Waals surface area contributed by atoms with Crippen molar-refractivity contribution < 1.29 is 9.72 Å². The molecule has 0 bridgehead atoms. The largest absolute Gasteiger partial charge is 0.319 e. The molecule has 1 aromatic heterocycles. The average molecular weight is 288 g/mol. The van der Waals surface area contributed by atoms with Crippen molar-refractivity contribution in [1.29, 1.82) is 0 Å². The maximum absolute atomic E-state index is 12.2. The number of carbonyl (C=O) groups excluding carboxylic acids is 1. The Morgan fingerprint density at radius 1 is 1.38 bits per heavy atom. The van der Waals surface area contributed by atoms with E-state index in [0.29, 0.717) is 0 Å². The highest BCUT2D eigenvalue weighted by Gasteiger charge is 2.20. The van der Waals surface area contributed by atoms with Crippen molar-refractivity contribution in [2.24, 2.45) is 0 Å². The van der Waals surface area contributed by atoms with Gasteiger partial charge in [-0.3, -0.25) is 19.6 Å². The number of nitrogens with zero attached hydrogens (tertiary/aromatic N) is 3. The summed E-state index contributed by atoms with van der Waals surface area (Å²) in [6.07, 6.45) is 3.39. The minimum atomic E-state index is -0.556. The number of hydrogen-bond acceptors (Lipinski definition) is 4. The Morgan fingerprint density at radius 3 is 2.67 bits per heavy atom. The molecule has 0 spiro atoms. The summed E-state index contributed by atoms with van der Waals surface area (Å²) in [5.74, 6) is -0.356. The number of hydrogen-bond donors (Lipinski definition) is 1. The fourth-order valence-corrected chi connectivity index (χ4v) is 1.90. The lowest BCUT2D eigenvalue weighted by Gasteiger charge is -2.13. The zero-order valence-corrected chi connectivity index (χ0v) is 12.0. The lowest BCUT2D eigenvalue weighted by atomic mass is 10.2. The third kappa shape index (κ3) is 3.25. The molecule has 1 aromatic carbocycles. The van der Waals surface area contributed by atoms with E-state index in [0.717, 1.165) is 11.1 Å². The summed E-state index contributed by atoms with van der Waals surface area (Å²) < 4.78 is 1.52. The SMILES string of the molecule is Cc1ccc(NC(=O)C(C)n2cc(C)cn2)c([N+](=O)[O-])c1. The molecule has 7 nitrogen and oxygen atoms in total. The van der Waals surface area contributed by atoms with Crippen LogP contribution in [0.15, 0.2) is 30.6 Å². The van der Waals surface area contributed by atoms with Crippen molar-refractivity contribution in [3.63, 3.8) is 0 Å². The number of benzene rings is 1. The second-order valence-corrected chi connectivity index (χ2v) is 4.94. The van der Waals surface area contributed by atoms with Gasteiger partial charge in [-0.25, -0.2) is 0 Å². The smallest absolute Gasteiger partial charge is 0.293 e. The monoisotopic (exact) mass is 288 g/mol. The maximum atomic E-state index is 12.2. The number of nitrogens with one attached hydrogen (secondary N) is 1. The van der Waals surface area contributed by atoms with Gasteiger partial charge in [0.1, 0.15) is 11.7 Å². The summed E-state index contributed by atoms with van der Waals surface area (Å²) in [7, 11) is 0. The maximum Gasteiger partial charge on any atom is 0.293 e. The van der Waals surface area contributed by atoms with Gasteiger partial charge < -0.3 is 5.32 Å². The molecule has 7 heteroatoms. The van der Waals surface area contributed by atoms with Crippen LogP contribution in [0.4, 0.5) is 11.4 Å². The number of anilines is 1. The van der Waals surface area contributed by atoms with E-state index in [4.69, 9.17) is 0 Å². The van der Waals surface area contributed by atoms with Crippen molar-refractivity contribution in [3.8, 4) is 0 Å². The number of nitro groups is 1. The van der Waals surface area contributed by atoms with E-state index in [1.54, 1.807) is 32.3 Å². The second-order valence-electron chi connectivity index (χ2n) is 4.94. The third-order valence-corrected chi connectivity index (χ3v) is 3.11. The molecule has 0 aliphatic heterocycles. The van der Waals surface area contributed by atoms with E-state index in [1.807, 2.05) is 6.92 Å². The fraction of sp³-hybridized carbons (Fsp3) is 0.286. The molecule has 0 aliphatic rings. The number of nitro benzene ring substituents is 1. The van der Waals surface area contributed by atoms with Gasteiger partial charge in [-0.05, 0) is 38.0 Å². The molecule has 0 radical (unpaired) electrons. The van der Waals surface area contributed by atoms with Crippen LogP contribution in [0.5, 0.6) is 0 Å². The minimum absolute atomic E-state index is 0.118. The molecule has 1 amide bonds. The van der Waals surface area contributed by atoms with Crippen molar-refractivity contribution >= 4 is 17.3 Å². The van der Waals surface area contributed by atoms with Gasteiger partial charge >= 0.3 is 0 Å². The van der Waals surface area contributed by atoms with E-state index < -0.39 is 11.0 Å². The summed E-state index contributed by atoms with van der Waals surface area (Å²) in [5.41, 5.74) is 1.77. The molecule has 1 heterocycles. The van der Waals surface area contributed by atoms with Crippen LogP contribution in [0, 0.1) is 24.0 Å². The highest BCUT2D eigenvalue weighted by atomic mass is 16.6. The Morgan fingerprint density at radius 2 is 2.10 bits per heavy atom. The van der Waals surface area contributed by atoms with Crippen LogP contribution in [-0.2, 0) is 4.79 Å². The van der Waals surface area contributed by atoms with Crippen LogP contribution in [0.2, 0.25) is 0 Å². The van der Waals surface area contributed by atoms with Crippen LogP contribution < -0.4 is 5.32 Å². The van der Waals surface area contributed by atoms with Crippen LogP contribution in [-0.4, -0.2) is 20.6 Å². The van der Waals surface area contributed by atoms with Gasteiger partial charge in [0.2, 0.25) is 5.91 Å².